The lowest BCUT2D eigenvalue weighted by Crippen LogP contribution is -2.26. The molecule has 0 saturated heterocycles. The van der Waals surface area contributed by atoms with Crippen LogP contribution in [0.2, 0.25) is 0 Å². The Morgan fingerprint density at radius 2 is 2.19 bits per heavy atom. The van der Waals surface area contributed by atoms with Gasteiger partial charge in [-0.2, -0.15) is 0 Å². The Hall–Kier alpha value is -2.30. The third kappa shape index (κ3) is 3.45. The summed E-state index contributed by atoms with van der Waals surface area (Å²) >= 11 is 0. The van der Waals surface area contributed by atoms with Crippen LogP contribution in [0, 0.1) is 0 Å². The van der Waals surface area contributed by atoms with Crippen molar-refractivity contribution in [1.82, 2.24) is 5.32 Å². The van der Waals surface area contributed by atoms with Gasteiger partial charge in [-0.3, -0.25) is 4.79 Å². The molecule has 1 aromatic carbocycles. The summed E-state index contributed by atoms with van der Waals surface area (Å²) in [5.41, 5.74) is 0.436. The number of hydrogen-bond donors (Lipinski definition) is 2. The molecule has 1 rings (SSSR count). The lowest BCUT2D eigenvalue weighted by Gasteiger charge is -2.08. The van der Waals surface area contributed by atoms with Crippen LogP contribution in [-0.2, 0) is 4.79 Å². The van der Waals surface area contributed by atoms with Crippen LogP contribution in [0.3, 0.4) is 0 Å². The zero-order valence-electron chi connectivity index (χ0n) is 8.60. The molecular formula is C11H12N2O3. The zero-order chi connectivity index (χ0) is 11.8. The average Bonchev–Trinajstić information content (AvgIpc) is 2.29. The number of amides is 2. The van der Waals surface area contributed by atoms with E-state index >= 15 is 0 Å². The van der Waals surface area contributed by atoms with Gasteiger partial charge in [-0.15, -0.1) is 6.58 Å². The maximum atomic E-state index is 11.2. The van der Waals surface area contributed by atoms with E-state index in [1.54, 1.807) is 24.3 Å². The van der Waals surface area contributed by atoms with Crippen molar-refractivity contribution in [2.24, 2.45) is 0 Å². The Morgan fingerprint density at radius 1 is 1.44 bits per heavy atom. The summed E-state index contributed by atoms with van der Waals surface area (Å²) in [6.07, 6.45) is 1.46. The minimum Gasteiger partial charge on any atom is -0.408 e. The molecule has 0 atom stereocenters. The predicted octanol–water partition coefficient (Wildman–Crippen LogP) is 1.53. The highest BCUT2D eigenvalue weighted by molar-refractivity contribution is 5.79. The van der Waals surface area contributed by atoms with E-state index in [0.717, 1.165) is 0 Å². The molecule has 0 radical (unpaired) electrons. The highest BCUT2D eigenvalue weighted by Crippen LogP contribution is 2.22. The highest BCUT2D eigenvalue weighted by atomic mass is 16.6. The molecule has 16 heavy (non-hydrogen) atoms. The third-order valence-corrected chi connectivity index (χ3v) is 1.69. The molecule has 0 unspecified atom stereocenters. The molecule has 1 aromatic rings. The minimum atomic E-state index is -0.597. The van der Waals surface area contributed by atoms with E-state index in [1.807, 2.05) is 0 Å². The number of carbonyl (C=O) groups excluding carboxylic acids is 2. The molecule has 2 N–H and O–H groups in total. The summed E-state index contributed by atoms with van der Waals surface area (Å²) < 4.78 is 4.98. The molecule has 84 valence electrons. The van der Waals surface area contributed by atoms with Gasteiger partial charge in [0.05, 0.1) is 5.69 Å². The van der Waals surface area contributed by atoms with Gasteiger partial charge in [-0.05, 0) is 12.1 Å². The number of rotatable bonds is 5. The number of benzene rings is 1. The normalized spacial score (nSPS) is 9.00. The number of anilines is 1. The van der Waals surface area contributed by atoms with Crippen molar-refractivity contribution in [3.8, 4) is 5.75 Å². The van der Waals surface area contributed by atoms with Gasteiger partial charge in [0.1, 0.15) is 0 Å². The first kappa shape index (κ1) is 11.8. The topological polar surface area (TPSA) is 67.4 Å². The standard InChI is InChI=1S/C11H12N2O3/c1-2-7-12-11(15)16-10-6-4-3-5-9(10)13-8-14/h2-6,8H,1,7H2,(H,12,15)(H,13,14). The molecule has 0 heterocycles. The van der Waals surface area contributed by atoms with Gasteiger partial charge in [0, 0.05) is 6.54 Å². The summed E-state index contributed by atoms with van der Waals surface area (Å²) in [6.45, 7) is 3.78. The summed E-state index contributed by atoms with van der Waals surface area (Å²) in [7, 11) is 0. The molecule has 0 aliphatic heterocycles. The summed E-state index contributed by atoms with van der Waals surface area (Å²) in [4.78, 5) is 21.5. The second-order valence-corrected chi connectivity index (χ2v) is 2.82. The van der Waals surface area contributed by atoms with Gasteiger partial charge < -0.3 is 15.4 Å². The molecule has 0 saturated carbocycles. The van der Waals surface area contributed by atoms with Crippen LogP contribution in [-0.4, -0.2) is 19.0 Å². The van der Waals surface area contributed by atoms with E-state index in [1.165, 1.54) is 6.08 Å². The lowest BCUT2D eigenvalue weighted by molar-refractivity contribution is -0.105. The van der Waals surface area contributed by atoms with Crippen LogP contribution >= 0.6 is 0 Å². The first-order chi connectivity index (χ1) is 7.77. The van der Waals surface area contributed by atoms with Crippen LogP contribution in [0.25, 0.3) is 0 Å². The molecule has 0 aromatic heterocycles. The first-order valence-electron chi connectivity index (χ1n) is 4.63. The maximum absolute atomic E-state index is 11.2. The van der Waals surface area contributed by atoms with Crippen molar-refractivity contribution in [3.05, 3.63) is 36.9 Å². The first-order valence-corrected chi connectivity index (χ1v) is 4.63. The summed E-state index contributed by atoms with van der Waals surface area (Å²) in [5.74, 6) is 0.288. The molecule has 0 fully saturated rings. The van der Waals surface area contributed by atoms with Crippen LogP contribution in [0.4, 0.5) is 10.5 Å². The van der Waals surface area contributed by atoms with Crippen molar-refractivity contribution in [1.29, 1.82) is 0 Å². The van der Waals surface area contributed by atoms with E-state index in [2.05, 4.69) is 17.2 Å². The van der Waals surface area contributed by atoms with Crippen molar-refractivity contribution in [3.63, 3.8) is 0 Å². The van der Waals surface area contributed by atoms with Crippen molar-refractivity contribution < 1.29 is 14.3 Å². The monoisotopic (exact) mass is 220 g/mol. The summed E-state index contributed by atoms with van der Waals surface area (Å²) in [6, 6.07) is 6.64. The number of carbonyl (C=O) groups is 2. The highest BCUT2D eigenvalue weighted by Gasteiger charge is 2.06. The van der Waals surface area contributed by atoms with E-state index < -0.39 is 6.09 Å². The second-order valence-electron chi connectivity index (χ2n) is 2.82. The number of para-hydroxylation sites is 2. The van der Waals surface area contributed by atoms with E-state index in [0.29, 0.717) is 18.6 Å². The molecule has 2 amide bonds. The lowest BCUT2D eigenvalue weighted by atomic mass is 10.3. The molecule has 0 aliphatic carbocycles. The maximum Gasteiger partial charge on any atom is 0.412 e. The fourth-order valence-corrected chi connectivity index (χ4v) is 1.03. The summed E-state index contributed by atoms with van der Waals surface area (Å²) in [5, 5.41) is 4.89. The Bertz CT molecular complexity index is 391. The Kier molecular flexibility index (Phi) is 4.59. The van der Waals surface area contributed by atoms with Gasteiger partial charge in [-0.1, -0.05) is 18.2 Å². The van der Waals surface area contributed by atoms with Crippen LogP contribution in [0.1, 0.15) is 0 Å². The smallest absolute Gasteiger partial charge is 0.408 e. The van der Waals surface area contributed by atoms with E-state index in [9.17, 15) is 9.59 Å². The van der Waals surface area contributed by atoms with Crippen molar-refractivity contribution in [2.75, 3.05) is 11.9 Å². The number of nitrogens with one attached hydrogen (secondary N) is 2. The largest absolute Gasteiger partial charge is 0.412 e. The molecule has 5 nitrogen and oxygen atoms in total. The van der Waals surface area contributed by atoms with Gasteiger partial charge >= 0.3 is 6.09 Å². The number of hydrogen-bond acceptors (Lipinski definition) is 3. The molecular weight excluding hydrogens is 208 g/mol. The molecule has 5 heteroatoms. The van der Waals surface area contributed by atoms with Crippen LogP contribution in [0.5, 0.6) is 5.75 Å². The Morgan fingerprint density at radius 3 is 2.88 bits per heavy atom. The van der Waals surface area contributed by atoms with Crippen LogP contribution < -0.4 is 15.4 Å². The van der Waals surface area contributed by atoms with Crippen molar-refractivity contribution >= 4 is 18.2 Å². The molecule has 0 spiro atoms. The van der Waals surface area contributed by atoms with Gasteiger partial charge in [-0.25, -0.2) is 4.79 Å². The van der Waals surface area contributed by atoms with Crippen molar-refractivity contribution in [2.45, 2.75) is 0 Å². The fourth-order valence-electron chi connectivity index (χ4n) is 1.03. The molecule has 0 aliphatic rings. The minimum absolute atomic E-state index is 0.288. The van der Waals surface area contributed by atoms with Gasteiger partial charge in [0.25, 0.3) is 0 Å². The van der Waals surface area contributed by atoms with Gasteiger partial charge in [0.2, 0.25) is 6.41 Å². The zero-order valence-corrected chi connectivity index (χ0v) is 8.60. The van der Waals surface area contributed by atoms with E-state index in [-0.39, 0.29) is 5.75 Å². The quantitative estimate of drug-likeness (QED) is 0.584. The Labute approximate surface area is 93.1 Å². The number of ether oxygens (including phenoxy) is 1. The third-order valence-electron chi connectivity index (χ3n) is 1.69. The fraction of sp³-hybridized carbons (Fsp3) is 0.0909. The SMILES string of the molecule is C=CCNC(=O)Oc1ccccc1NC=O. The van der Waals surface area contributed by atoms with E-state index in [4.69, 9.17) is 4.74 Å². The van der Waals surface area contributed by atoms with Crippen LogP contribution in [0.15, 0.2) is 36.9 Å². The Balaban J connectivity index is 2.68. The van der Waals surface area contributed by atoms with Gasteiger partial charge in [0.15, 0.2) is 5.75 Å². The second kappa shape index (κ2) is 6.23. The molecule has 0 bridgehead atoms. The predicted molar refractivity (Wildman–Crippen MR) is 60.4 cm³/mol. The average molecular weight is 220 g/mol.